The van der Waals surface area contributed by atoms with E-state index in [4.69, 9.17) is 27.9 Å². The van der Waals surface area contributed by atoms with Crippen LogP contribution < -0.4 is 10.2 Å². The third-order valence-electron chi connectivity index (χ3n) is 3.94. The average Bonchev–Trinajstić information content (AvgIpc) is 2.68. The molecule has 0 heterocycles. The minimum Gasteiger partial charge on any atom is -0.487 e. The van der Waals surface area contributed by atoms with E-state index in [9.17, 15) is 0 Å². The molecule has 3 nitrogen and oxygen atoms in total. The molecule has 0 unspecified atom stereocenters. The smallest absolute Gasteiger partial charge is 0.148 e. The van der Waals surface area contributed by atoms with Crippen LogP contribution in [-0.2, 0) is 13.2 Å². The number of hydrogen-bond donors (Lipinski definition) is 1. The molecule has 3 aromatic rings. The molecule has 0 radical (unpaired) electrons. The number of halogens is 5. The van der Waals surface area contributed by atoms with Crippen LogP contribution in [0.4, 0.5) is 0 Å². The molecule has 0 aliphatic rings. The molecule has 0 amide bonds. The molecule has 0 aliphatic heterocycles. The minimum atomic E-state index is 0.436. The number of hydrazone groups is 1. The Labute approximate surface area is 204 Å². The molecule has 29 heavy (non-hydrogen) atoms. The van der Waals surface area contributed by atoms with Gasteiger partial charge in [-0.1, -0.05) is 57.3 Å². The van der Waals surface area contributed by atoms with Crippen molar-refractivity contribution in [2.75, 3.05) is 0 Å². The highest BCUT2D eigenvalue weighted by molar-refractivity contribution is 9.11. The largest absolute Gasteiger partial charge is 0.487 e. The predicted octanol–water partition coefficient (Wildman–Crippen LogP) is 7.98. The van der Waals surface area contributed by atoms with E-state index in [1.807, 2.05) is 42.5 Å². The summed E-state index contributed by atoms with van der Waals surface area (Å²) in [6.07, 6.45) is 1.72. The Hall–Kier alpha value is -1.05. The van der Waals surface area contributed by atoms with Crippen LogP contribution in [-0.4, -0.2) is 6.21 Å². The summed E-state index contributed by atoms with van der Waals surface area (Å²) >= 11 is 22.9. The maximum absolute atomic E-state index is 6.16. The maximum atomic E-state index is 6.16. The fourth-order valence-electron chi connectivity index (χ4n) is 2.47. The van der Waals surface area contributed by atoms with Crippen molar-refractivity contribution in [3.05, 3.63) is 94.8 Å². The normalized spacial score (nSPS) is 11.1. The first kappa shape index (κ1) is 22.6. The predicted molar refractivity (Wildman–Crippen MR) is 131 cm³/mol. The summed E-state index contributed by atoms with van der Waals surface area (Å²) < 4.78 is 8.67. The van der Waals surface area contributed by atoms with Gasteiger partial charge in [0.2, 0.25) is 0 Å². The van der Waals surface area contributed by atoms with Gasteiger partial charge in [-0.3, -0.25) is 0 Å². The Balaban J connectivity index is 1.62. The SMILES string of the molecule is Clc1cccc(Cl)c1CN/N=C\c1cc(Br)c(OCc2ccc(Br)cc2)c(Br)c1. The molecule has 0 fully saturated rings. The topological polar surface area (TPSA) is 33.6 Å². The number of nitrogens with one attached hydrogen (secondary N) is 1. The second kappa shape index (κ2) is 10.8. The molecule has 150 valence electrons. The Kier molecular flexibility index (Phi) is 8.45. The first-order valence-electron chi connectivity index (χ1n) is 8.49. The molecule has 1 N–H and O–H groups in total. The Morgan fingerprint density at radius 2 is 1.55 bits per heavy atom. The van der Waals surface area contributed by atoms with E-state index in [0.717, 1.165) is 35.9 Å². The lowest BCUT2D eigenvalue weighted by Crippen LogP contribution is -2.06. The van der Waals surface area contributed by atoms with Crippen LogP contribution in [0.5, 0.6) is 5.75 Å². The number of nitrogens with zero attached hydrogens (tertiary/aromatic N) is 1. The van der Waals surface area contributed by atoms with Gasteiger partial charge in [0.25, 0.3) is 0 Å². The molecule has 0 bridgehead atoms. The van der Waals surface area contributed by atoms with Crippen LogP contribution in [0.2, 0.25) is 10.0 Å². The first-order chi connectivity index (χ1) is 13.9. The molecule has 0 spiro atoms. The molecule has 0 atom stereocenters. The van der Waals surface area contributed by atoms with Gasteiger partial charge in [-0.25, -0.2) is 0 Å². The number of hydrogen-bond acceptors (Lipinski definition) is 3. The van der Waals surface area contributed by atoms with Crippen LogP contribution in [0.3, 0.4) is 0 Å². The Morgan fingerprint density at radius 3 is 2.17 bits per heavy atom. The summed E-state index contributed by atoms with van der Waals surface area (Å²) in [5.74, 6) is 0.737. The summed E-state index contributed by atoms with van der Waals surface area (Å²) in [6, 6.07) is 17.3. The number of ether oxygens (including phenoxy) is 1. The third kappa shape index (κ3) is 6.46. The lowest BCUT2D eigenvalue weighted by molar-refractivity contribution is 0.302. The lowest BCUT2D eigenvalue weighted by atomic mass is 10.2. The highest BCUT2D eigenvalue weighted by atomic mass is 79.9. The van der Waals surface area contributed by atoms with Gasteiger partial charge >= 0.3 is 0 Å². The summed E-state index contributed by atoms with van der Waals surface area (Å²) in [6.45, 7) is 0.907. The lowest BCUT2D eigenvalue weighted by Gasteiger charge is -2.11. The van der Waals surface area contributed by atoms with Crippen LogP contribution in [0.15, 0.2) is 73.1 Å². The molecular formula is C21H15Br3Cl2N2O. The molecule has 0 aromatic heterocycles. The van der Waals surface area contributed by atoms with E-state index < -0.39 is 0 Å². The zero-order chi connectivity index (χ0) is 20.8. The van der Waals surface area contributed by atoms with E-state index in [1.165, 1.54) is 0 Å². The molecule has 0 aliphatic carbocycles. The van der Waals surface area contributed by atoms with Crippen LogP contribution in [0.1, 0.15) is 16.7 Å². The van der Waals surface area contributed by atoms with E-state index in [0.29, 0.717) is 23.2 Å². The summed E-state index contributed by atoms with van der Waals surface area (Å²) in [7, 11) is 0. The van der Waals surface area contributed by atoms with Gasteiger partial charge in [0, 0.05) is 20.1 Å². The molecule has 0 saturated carbocycles. The highest BCUT2D eigenvalue weighted by Crippen LogP contribution is 2.35. The molecule has 8 heteroatoms. The van der Waals surface area contributed by atoms with Crippen molar-refractivity contribution in [1.29, 1.82) is 0 Å². The number of rotatable bonds is 7. The van der Waals surface area contributed by atoms with Gasteiger partial charge in [-0.05, 0) is 79.4 Å². The average molecular weight is 622 g/mol. The van der Waals surface area contributed by atoms with Gasteiger partial charge in [-0.2, -0.15) is 5.10 Å². The highest BCUT2D eigenvalue weighted by Gasteiger charge is 2.09. The van der Waals surface area contributed by atoms with E-state index in [-0.39, 0.29) is 0 Å². The monoisotopic (exact) mass is 618 g/mol. The summed E-state index contributed by atoms with van der Waals surface area (Å²) in [5, 5.41) is 5.47. The summed E-state index contributed by atoms with van der Waals surface area (Å²) in [4.78, 5) is 0. The quantitative estimate of drug-likeness (QED) is 0.214. The molecular weight excluding hydrogens is 607 g/mol. The fourth-order valence-corrected chi connectivity index (χ4v) is 4.72. The second-order valence-corrected chi connectivity index (χ2v) is 9.46. The van der Waals surface area contributed by atoms with Gasteiger partial charge in [-0.15, -0.1) is 0 Å². The van der Waals surface area contributed by atoms with Crippen molar-refractivity contribution in [1.82, 2.24) is 5.43 Å². The van der Waals surface area contributed by atoms with Gasteiger partial charge in [0.1, 0.15) is 12.4 Å². The molecule has 3 aromatic carbocycles. The van der Waals surface area contributed by atoms with Gasteiger partial charge in [0.05, 0.1) is 21.7 Å². The first-order valence-corrected chi connectivity index (χ1v) is 11.6. The second-order valence-electron chi connectivity index (χ2n) is 6.02. The van der Waals surface area contributed by atoms with Crippen molar-refractivity contribution in [2.45, 2.75) is 13.2 Å². The van der Waals surface area contributed by atoms with E-state index in [1.54, 1.807) is 18.3 Å². The molecule has 0 saturated heterocycles. The van der Waals surface area contributed by atoms with Crippen molar-refractivity contribution in [3.63, 3.8) is 0 Å². The maximum Gasteiger partial charge on any atom is 0.148 e. The number of benzene rings is 3. The van der Waals surface area contributed by atoms with E-state index in [2.05, 4.69) is 58.3 Å². The van der Waals surface area contributed by atoms with E-state index >= 15 is 0 Å². The Bertz CT molecular complexity index is 984. The van der Waals surface area contributed by atoms with Crippen molar-refractivity contribution >= 4 is 77.2 Å². The van der Waals surface area contributed by atoms with Gasteiger partial charge < -0.3 is 10.2 Å². The Morgan fingerprint density at radius 1 is 0.931 bits per heavy atom. The fraction of sp³-hybridized carbons (Fsp3) is 0.0952. The standard InChI is InChI=1S/C21H15Br3Cl2N2O/c22-15-6-4-13(5-7-15)12-29-21-17(23)8-14(9-18(21)24)10-27-28-11-16-19(25)2-1-3-20(16)26/h1-10,28H,11-12H2/b27-10-. The van der Waals surface area contributed by atoms with Crippen LogP contribution in [0, 0.1) is 0 Å². The summed E-state index contributed by atoms with van der Waals surface area (Å²) in [5.41, 5.74) is 5.77. The third-order valence-corrected chi connectivity index (χ3v) is 6.35. The van der Waals surface area contributed by atoms with Crippen molar-refractivity contribution < 1.29 is 4.74 Å². The van der Waals surface area contributed by atoms with Crippen LogP contribution in [0.25, 0.3) is 0 Å². The zero-order valence-electron chi connectivity index (χ0n) is 14.9. The zero-order valence-corrected chi connectivity index (χ0v) is 21.2. The van der Waals surface area contributed by atoms with Crippen LogP contribution >= 0.6 is 71.0 Å². The molecule has 3 rings (SSSR count). The van der Waals surface area contributed by atoms with Gasteiger partial charge in [0.15, 0.2) is 0 Å². The van der Waals surface area contributed by atoms with Crippen molar-refractivity contribution in [2.24, 2.45) is 5.10 Å². The van der Waals surface area contributed by atoms with Crippen molar-refractivity contribution in [3.8, 4) is 5.75 Å². The minimum absolute atomic E-state index is 0.436.